The molecule has 0 saturated heterocycles. The van der Waals surface area contributed by atoms with Crippen molar-refractivity contribution >= 4 is 29.5 Å². The SMILES string of the molecule is CCOc1cc(/C=N/NC(=O)CNc2ccc(C)cc2)ccc1OC(=O)c1ccc([N+](=O)[O-])cc1. The van der Waals surface area contributed by atoms with Gasteiger partial charge in [-0.25, -0.2) is 10.2 Å². The van der Waals surface area contributed by atoms with Crippen LogP contribution in [0.25, 0.3) is 0 Å². The molecule has 35 heavy (non-hydrogen) atoms. The van der Waals surface area contributed by atoms with Crippen LogP contribution in [0.2, 0.25) is 0 Å². The molecule has 180 valence electrons. The van der Waals surface area contributed by atoms with Gasteiger partial charge in [0, 0.05) is 17.8 Å². The zero-order valence-electron chi connectivity index (χ0n) is 19.2. The summed E-state index contributed by atoms with van der Waals surface area (Å²) in [5.41, 5.74) is 5.03. The number of carbonyl (C=O) groups is 2. The quantitative estimate of drug-likeness (QED) is 0.148. The lowest BCUT2D eigenvalue weighted by Gasteiger charge is -2.11. The Balaban J connectivity index is 1.59. The molecule has 0 aliphatic heterocycles. The molecule has 0 unspecified atom stereocenters. The number of nitrogens with zero attached hydrogens (tertiary/aromatic N) is 2. The predicted molar refractivity (Wildman–Crippen MR) is 131 cm³/mol. The van der Waals surface area contributed by atoms with Crippen molar-refractivity contribution in [2.24, 2.45) is 5.10 Å². The molecule has 0 atom stereocenters. The molecule has 0 heterocycles. The molecule has 2 N–H and O–H groups in total. The van der Waals surface area contributed by atoms with Crippen molar-refractivity contribution < 1.29 is 24.0 Å². The monoisotopic (exact) mass is 476 g/mol. The van der Waals surface area contributed by atoms with E-state index in [0.717, 1.165) is 11.3 Å². The van der Waals surface area contributed by atoms with Gasteiger partial charge in [-0.2, -0.15) is 5.10 Å². The van der Waals surface area contributed by atoms with Crippen LogP contribution < -0.4 is 20.2 Å². The van der Waals surface area contributed by atoms with E-state index < -0.39 is 10.9 Å². The fourth-order valence-corrected chi connectivity index (χ4v) is 2.91. The minimum atomic E-state index is -0.685. The number of rotatable bonds is 10. The Morgan fingerprint density at radius 3 is 2.40 bits per heavy atom. The second-order valence-electron chi connectivity index (χ2n) is 7.35. The summed E-state index contributed by atoms with van der Waals surface area (Å²) >= 11 is 0. The van der Waals surface area contributed by atoms with Gasteiger partial charge in [-0.15, -0.1) is 0 Å². The Labute approximate surface area is 201 Å². The zero-order valence-corrected chi connectivity index (χ0v) is 19.2. The maximum atomic E-state index is 12.4. The number of hydrogen-bond donors (Lipinski definition) is 2. The van der Waals surface area contributed by atoms with Gasteiger partial charge in [0.2, 0.25) is 0 Å². The average Bonchev–Trinajstić information content (AvgIpc) is 2.85. The van der Waals surface area contributed by atoms with Crippen LogP contribution >= 0.6 is 0 Å². The lowest BCUT2D eigenvalue weighted by molar-refractivity contribution is -0.384. The van der Waals surface area contributed by atoms with Crippen molar-refractivity contribution in [2.45, 2.75) is 13.8 Å². The van der Waals surface area contributed by atoms with Crippen LogP contribution in [0.1, 0.15) is 28.4 Å². The van der Waals surface area contributed by atoms with Gasteiger partial charge in [0.05, 0.1) is 29.9 Å². The first-order valence-corrected chi connectivity index (χ1v) is 10.7. The fraction of sp³-hybridized carbons (Fsp3) is 0.160. The maximum absolute atomic E-state index is 12.4. The van der Waals surface area contributed by atoms with E-state index in [1.807, 2.05) is 31.2 Å². The first-order chi connectivity index (χ1) is 16.9. The number of benzene rings is 3. The van der Waals surface area contributed by atoms with Gasteiger partial charge in [0.15, 0.2) is 11.5 Å². The number of amides is 1. The van der Waals surface area contributed by atoms with E-state index >= 15 is 0 Å². The molecule has 1 amide bonds. The van der Waals surface area contributed by atoms with E-state index in [0.29, 0.717) is 17.9 Å². The van der Waals surface area contributed by atoms with Crippen molar-refractivity contribution in [3.63, 3.8) is 0 Å². The number of ether oxygens (including phenoxy) is 2. The van der Waals surface area contributed by atoms with Crippen LogP contribution in [0.15, 0.2) is 71.8 Å². The number of non-ortho nitro benzene ring substituents is 1. The molecule has 0 aliphatic carbocycles. The molecular weight excluding hydrogens is 452 g/mol. The van der Waals surface area contributed by atoms with E-state index in [2.05, 4.69) is 15.8 Å². The van der Waals surface area contributed by atoms with Gasteiger partial charge in [0.1, 0.15) is 0 Å². The smallest absolute Gasteiger partial charge is 0.343 e. The standard InChI is InChI=1S/C25H24N4O6/c1-3-34-23-14-18(15-27-28-24(30)16-26-20-9-4-17(2)5-10-20)6-13-22(23)35-25(31)19-7-11-21(12-8-19)29(32)33/h4-15,26H,3,16H2,1-2H3,(H,28,30)/b27-15+. The summed E-state index contributed by atoms with van der Waals surface area (Å²) < 4.78 is 11.0. The molecule has 3 rings (SSSR count). The van der Waals surface area contributed by atoms with Crippen LogP contribution in [0.5, 0.6) is 11.5 Å². The number of nitrogens with one attached hydrogen (secondary N) is 2. The maximum Gasteiger partial charge on any atom is 0.343 e. The Kier molecular flexibility index (Phi) is 8.49. The topological polar surface area (TPSA) is 132 Å². The largest absolute Gasteiger partial charge is 0.490 e. The third-order valence-corrected chi connectivity index (χ3v) is 4.69. The van der Waals surface area contributed by atoms with Crippen LogP contribution in [0.4, 0.5) is 11.4 Å². The first kappa shape index (κ1) is 24.9. The fourth-order valence-electron chi connectivity index (χ4n) is 2.91. The van der Waals surface area contributed by atoms with Crippen LogP contribution in [-0.4, -0.2) is 36.2 Å². The van der Waals surface area contributed by atoms with E-state index in [1.165, 1.54) is 36.5 Å². The number of hydrazone groups is 1. The highest BCUT2D eigenvalue weighted by Crippen LogP contribution is 2.29. The predicted octanol–water partition coefficient (Wildman–Crippen LogP) is 4.08. The van der Waals surface area contributed by atoms with Gasteiger partial charge < -0.3 is 14.8 Å². The zero-order chi connectivity index (χ0) is 25.2. The molecule has 0 bridgehead atoms. The highest BCUT2D eigenvalue weighted by atomic mass is 16.6. The molecule has 0 saturated carbocycles. The lowest BCUT2D eigenvalue weighted by Crippen LogP contribution is -2.25. The molecule has 0 aromatic heterocycles. The van der Waals surface area contributed by atoms with Crippen molar-refractivity contribution in [1.29, 1.82) is 0 Å². The summed E-state index contributed by atoms with van der Waals surface area (Å²) in [5, 5.41) is 17.7. The minimum absolute atomic E-state index is 0.0577. The van der Waals surface area contributed by atoms with E-state index in [1.54, 1.807) is 19.1 Å². The second-order valence-corrected chi connectivity index (χ2v) is 7.35. The number of aryl methyl sites for hydroxylation is 1. The Morgan fingerprint density at radius 1 is 1.03 bits per heavy atom. The summed E-state index contributed by atoms with van der Waals surface area (Å²) in [6, 6.07) is 17.5. The third-order valence-electron chi connectivity index (χ3n) is 4.69. The molecule has 3 aromatic carbocycles. The summed E-state index contributed by atoms with van der Waals surface area (Å²) in [7, 11) is 0. The van der Waals surface area contributed by atoms with Crippen molar-refractivity contribution in [1.82, 2.24) is 5.43 Å². The summed E-state index contributed by atoms with van der Waals surface area (Å²) in [6.45, 7) is 4.15. The molecule has 10 nitrogen and oxygen atoms in total. The number of nitro groups is 1. The Hall–Kier alpha value is -4.73. The molecular formula is C25H24N4O6. The second kappa shape index (κ2) is 11.9. The highest BCUT2D eigenvalue weighted by Gasteiger charge is 2.15. The summed E-state index contributed by atoms with van der Waals surface area (Å²) in [4.78, 5) is 34.7. The number of nitro benzene ring substituents is 1. The Morgan fingerprint density at radius 2 is 1.74 bits per heavy atom. The average molecular weight is 476 g/mol. The molecule has 10 heteroatoms. The van der Waals surface area contributed by atoms with E-state index in [-0.39, 0.29) is 29.5 Å². The van der Waals surface area contributed by atoms with Gasteiger partial charge in [0.25, 0.3) is 11.6 Å². The summed E-state index contributed by atoms with van der Waals surface area (Å²) in [6.07, 6.45) is 1.44. The van der Waals surface area contributed by atoms with Gasteiger partial charge in [-0.3, -0.25) is 14.9 Å². The third kappa shape index (κ3) is 7.39. The van der Waals surface area contributed by atoms with Crippen LogP contribution in [0, 0.1) is 17.0 Å². The minimum Gasteiger partial charge on any atom is -0.490 e. The van der Waals surface area contributed by atoms with Gasteiger partial charge in [-0.05, 0) is 61.9 Å². The summed E-state index contributed by atoms with van der Waals surface area (Å²) in [5.74, 6) is -0.520. The van der Waals surface area contributed by atoms with Crippen molar-refractivity contribution in [2.75, 3.05) is 18.5 Å². The normalized spacial score (nSPS) is 10.6. The van der Waals surface area contributed by atoms with E-state index in [9.17, 15) is 19.7 Å². The number of esters is 1. The first-order valence-electron chi connectivity index (χ1n) is 10.7. The van der Waals surface area contributed by atoms with Crippen LogP contribution in [-0.2, 0) is 4.79 Å². The van der Waals surface area contributed by atoms with Crippen molar-refractivity contribution in [3.05, 3.63) is 93.5 Å². The lowest BCUT2D eigenvalue weighted by atomic mass is 10.2. The van der Waals surface area contributed by atoms with E-state index in [4.69, 9.17) is 9.47 Å². The number of carbonyl (C=O) groups excluding carboxylic acids is 2. The number of anilines is 1. The number of hydrogen-bond acceptors (Lipinski definition) is 8. The van der Waals surface area contributed by atoms with Gasteiger partial charge >= 0.3 is 5.97 Å². The molecule has 0 fully saturated rings. The molecule has 0 radical (unpaired) electrons. The highest BCUT2D eigenvalue weighted by molar-refractivity contribution is 5.92. The Bertz CT molecular complexity index is 1220. The molecule has 3 aromatic rings. The molecule has 0 spiro atoms. The van der Waals surface area contributed by atoms with Crippen LogP contribution in [0.3, 0.4) is 0 Å². The molecule has 0 aliphatic rings. The van der Waals surface area contributed by atoms with Crippen molar-refractivity contribution in [3.8, 4) is 11.5 Å². The van der Waals surface area contributed by atoms with Gasteiger partial charge in [-0.1, -0.05) is 17.7 Å².